The molecule has 0 radical (unpaired) electrons. The van der Waals surface area contributed by atoms with Crippen LogP contribution in [0.5, 0.6) is 0 Å². The lowest BCUT2D eigenvalue weighted by Crippen LogP contribution is -2.80. The molecule has 0 spiro atoms. The van der Waals surface area contributed by atoms with Gasteiger partial charge in [0.1, 0.15) is 0 Å². The summed E-state index contributed by atoms with van der Waals surface area (Å²) in [6, 6.07) is 0. The summed E-state index contributed by atoms with van der Waals surface area (Å²) in [5, 5.41) is 17.6. The predicted octanol–water partition coefficient (Wildman–Crippen LogP) is 8.07. The van der Waals surface area contributed by atoms with Crippen molar-refractivity contribution in [2.75, 3.05) is 0 Å². The van der Waals surface area contributed by atoms with Gasteiger partial charge in [0.2, 0.25) is 0 Å². The fraction of sp³-hybridized carbons (Fsp3) is 0.833. The number of aliphatic hydroxyl groups excluding tert-OH is 1. The molecule has 0 saturated heterocycles. The molecule has 0 fully saturated rings. The Morgan fingerprint density at radius 2 is 0.818 bits per heavy atom. The molecule has 0 bridgehead atoms. The van der Waals surface area contributed by atoms with Gasteiger partial charge in [-0.1, -0.05) is 0 Å². The molecule has 0 heterocycles. The lowest BCUT2D eigenvalue weighted by molar-refractivity contribution is -0.482. The third-order valence-electron chi connectivity index (χ3n) is 5.63. The van der Waals surface area contributed by atoms with Gasteiger partial charge >= 0.3 is 71.4 Å². The molecular formula is C18H11F23O3. The number of halogens is 23. The Morgan fingerprint density at radius 1 is 0.523 bits per heavy atom. The van der Waals surface area contributed by atoms with E-state index >= 15 is 0 Å². The van der Waals surface area contributed by atoms with Gasteiger partial charge in [0.05, 0.1) is 6.10 Å². The van der Waals surface area contributed by atoms with Crippen molar-refractivity contribution in [2.24, 2.45) is 0 Å². The topological polar surface area (TPSA) is 57.5 Å². The Labute approximate surface area is 226 Å². The van der Waals surface area contributed by atoms with Crippen molar-refractivity contribution < 1.29 is 116 Å². The van der Waals surface area contributed by atoms with Crippen LogP contribution < -0.4 is 0 Å². The first-order valence-electron chi connectivity index (χ1n) is 10.1. The Bertz CT molecular complexity index is 1110. The first kappa shape index (κ1) is 41.6. The second-order valence-electron chi connectivity index (χ2n) is 8.71. The van der Waals surface area contributed by atoms with Gasteiger partial charge in [-0.05, 0) is 13.8 Å². The van der Waals surface area contributed by atoms with E-state index in [2.05, 4.69) is 0 Å². The number of carboxylic acid groups (broad SMARTS) is 1. The third kappa shape index (κ3) is 5.28. The summed E-state index contributed by atoms with van der Waals surface area (Å²) in [6.45, 7) is 0.0515. The highest BCUT2D eigenvalue weighted by atomic mass is 19.4. The second kappa shape index (κ2) is 10.8. The summed E-state index contributed by atoms with van der Waals surface area (Å²) < 4.78 is 312. The molecule has 0 amide bonds. The minimum absolute atomic E-state index is 0.220. The van der Waals surface area contributed by atoms with Crippen LogP contribution in [0.4, 0.5) is 101 Å². The molecule has 0 rings (SSSR count). The molecule has 26 heteroatoms. The maximum absolute atomic E-state index is 14.4. The molecule has 2 unspecified atom stereocenters. The maximum Gasteiger partial charge on any atom is 0.457 e. The molecule has 0 aliphatic rings. The van der Waals surface area contributed by atoms with E-state index in [1.165, 1.54) is 0 Å². The van der Waals surface area contributed by atoms with Crippen LogP contribution in [-0.2, 0) is 4.79 Å². The van der Waals surface area contributed by atoms with Crippen LogP contribution in [0, 0.1) is 0 Å². The third-order valence-corrected chi connectivity index (χ3v) is 5.63. The van der Waals surface area contributed by atoms with Crippen molar-refractivity contribution in [3.63, 3.8) is 0 Å². The largest absolute Gasteiger partial charge is 0.478 e. The Morgan fingerprint density at radius 3 is 1.07 bits per heavy atom. The van der Waals surface area contributed by atoms with Gasteiger partial charge in [-0.15, -0.1) is 0 Å². The molecule has 0 saturated carbocycles. The van der Waals surface area contributed by atoms with E-state index in [0.717, 1.165) is 0 Å². The summed E-state index contributed by atoms with van der Waals surface area (Å²) >= 11 is 0. The van der Waals surface area contributed by atoms with Gasteiger partial charge in [0.15, 0.2) is 0 Å². The minimum atomic E-state index is -9.70. The highest BCUT2D eigenvalue weighted by Gasteiger charge is 3.00. The van der Waals surface area contributed by atoms with Crippen LogP contribution >= 0.6 is 0 Å². The number of carboxylic acids is 1. The SMILES string of the molecule is CC(C(=O)O)=C(CC(C)O)C(F)(F)C(F)(F)C(F)(F)C(F)(F)C(F)(F)C(F)(F)C(F)(F)C(F)(C(F)(F)F)C(F)(F)C(F)(F)F. The molecule has 0 aromatic rings. The number of hydrogen-bond acceptors (Lipinski definition) is 2. The van der Waals surface area contributed by atoms with Crippen LogP contribution in [0.2, 0.25) is 0 Å². The lowest BCUT2D eigenvalue weighted by atomic mass is 9.79. The Balaban J connectivity index is 7.78. The van der Waals surface area contributed by atoms with Crippen molar-refractivity contribution >= 4 is 5.97 Å². The average molecular weight is 712 g/mol. The smallest absolute Gasteiger partial charge is 0.457 e. The molecule has 0 aliphatic carbocycles. The van der Waals surface area contributed by atoms with E-state index in [9.17, 15) is 106 Å². The van der Waals surface area contributed by atoms with Crippen molar-refractivity contribution in [3.8, 4) is 0 Å². The van der Waals surface area contributed by atoms with E-state index in [4.69, 9.17) is 10.2 Å². The number of aliphatic hydroxyl groups is 1. The summed E-state index contributed by atoms with van der Waals surface area (Å²) in [5.41, 5.74) is -14.9. The van der Waals surface area contributed by atoms with Crippen molar-refractivity contribution in [1.29, 1.82) is 0 Å². The first-order chi connectivity index (χ1) is 18.7. The average Bonchev–Trinajstić information content (AvgIpc) is 2.78. The van der Waals surface area contributed by atoms with Gasteiger partial charge in [-0.2, -0.15) is 96.6 Å². The summed E-state index contributed by atoms with van der Waals surface area (Å²) in [4.78, 5) is 10.8. The molecule has 44 heavy (non-hydrogen) atoms. The zero-order chi connectivity index (χ0) is 36.5. The van der Waals surface area contributed by atoms with E-state index in [1.807, 2.05) is 0 Å². The van der Waals surface area contributed by atoms with Gasteiger partial charge in [-0.25, -0.2) is 9.18 Å². The van der Waals surface area contributed by atoms with Crippen LogP contribution in [0.15, 0.2) is 11.1 Å². The summed E-state index contributed by atoms with van der Waals surface area (Å²) in [5.74, 6) is -75.1. The fourth-order valence-corrected chi connectivity index (χ4v) is 3.08. The Hall–Kier alpha value is -2.44. The molecule has 262 valence electrons. The highest BCUT2D eigenvalue weighted by molar-refractivity contribution is 5.87. The van der Waals surface area contributed by atoms with E-state index < -0.39 is 95.0 Å². The van der Waals surface area contributed by atoms with Gasteiger partial charge in [0.25, 0.3) is 0 Å². The van der Waals surface area contributed by atoms with Crippen molar-refractivity contribution in [1.82, 2.24) is 0 Å². The molecule has 0 aromatic carbocycles. The predicted molar refractivity (Wildman–Crippen MR) is 92.2 cm³/mol. The number of aliphatic carboxylic acids is 1. The van der Waals surface area contributed by atoms with E-state index in [0.29, 0.717) is 0 Å². The summed E-state index contributed by atoms with van der Waals surface area (Å²) in [7, 11) is 0. The molecule has 0 aromatic heterocycles. The van der Waals surface area contributed by atoms with Gasteiger partial charge in [0, 0.05) is 17.6 Å². The lowest BCUT2D eigenvalue weighted by Gasteiger charge is -2.47. The minimum Gasteiger partial charge on any atom is -0.478 e. The molecule has 2 atom stereocenters. The van der Waals surface area contributed by atoms with Crippen LogP contribution in [0.25, 0.3) is 0 Å². The number of alkyl halides is 23. The van der Waals surface area contributed by atoms with Crippen molar-refractivity contribution in [2.45, 2.75) is 91.8 Å². The van der Waals surface area contributed by atoms with E-state index in [1.54, 1.807) is 0 Å². The molecule has 2 N–H and O–H groups in total. The van der Waals surface area contributed by atoms with Gasteiger partial charge in [-0.3, -0.25) is 0 Å². The number of rotatable bonds is 12. The monoisotopic (exact) mass is 712 g/mol. The highest BCUT2D eigenvalue weighted by Crippen LogP contribution is 2.68. The molecule has 3 nitrogen and oxygen atoms in total. The Kier molecular flexibility index (Phi) is 10.2. The van der Waals surface area contributed by atoms with Gasteiger partial charge < -0.3 is 10.2 Å². The van der Waals surface area contributed by atoms with Crippen LogP contribution in [0.1, 0.15) is 20.3 Å². The second-order valence-corrected chi connectivity index (χ2v) is 8.71. The van der Waals surface area contributed by atoms with Crippen LogP contribution in [-0.4, -0.2) is 87.7 Å². The zero-order valence-corrected chi connectivity index (χ0v) is 20.3. The van der Waals surface area contributed by atoms with Crippen molar-refractivity contribution in [3.05, 3.63) is 11.1 Å². The van der Waals surface area contributed by atoms with Crippen LogP contribution in [0.3, 0.4) is 0 Å². The molecular weight excluding hydrogens is 701 g/mol. The maximum atomic E-state index is 14.4. The van der Waals surface area contributed by atoms with E-state index in [-0.39, 0.29) is 13.8 Å². The standard InChI is InChI=1S/C18H11F23O3/c1-4(42)3-6(5(2)7(43)44)8(19,20)10(22,23)13(28,29)15(32,33)16(34,35)14(30,31)11(24,25)9(21,17(36,37)38)12(26,27)18(39,40)41/h4,42H,3H2,1-2H3,(H,43,44). The number of carbonyl (C=O) groups is 1. The fourth-order valence-electron chi connectivity index (χ4n) is 3.08. The first-order valence-corrected chi connectivity index (χ1v) is 10.1. The molecule has 0 aliphatic heterocycles. The number of hydrogen-bond donors (Lipinski definition) is 2. The summed E-state index contributed by atoms with van der Waals surface area (Å²) in [6.07, 6.45) is -22.2. The normalized spacial score (nSPS) is 18.5. The quantitative estimate of drug-likeness (QED) is 0.159. The zero-order valence-electron chi connectivity index (χ0n) is 20.3.